The summed E-state index contributed by atoms with van der Waals surface area (Å²) in [6.07, 6.45) is 1.94. The van der Waals surface area contributed by atoms with Crippen molar-refractivity contribution >= 4 is 10.0 Å². The fourth-order valence-corrected chi connectivity index (χ4v) is 2.22. The Morgan fingerprint density at radius 3 is 2.40 bits per heavy atom. The highest BCUT2D eigenvalue weighted by molar-refractivity contribution is 7.89. The highest BCUT2D eigenvalue weighted by atomic mass is 32.2. The van der Waals surface area contributed by atoms with E-state index < -0.39 is 10.0 Å². The number of aromatic nitrogens is 3. The maximum atomic E-state index is 11.3. The van der Waals surface area contributed by atoms with E-state index in [-0.39, 0.29) is 17.1 Å². The molecule has 15 heavy (non-hydrogen) atoms. The number of nitrogens with two attached hydrogens (primary N) is 1. The molecule has 0 radical (unpaired) electrons. The summed E-state index contributed by atoms with van der Waals surface area (Å²) >= 11 is 0. The van der Waals surface area contributed by atoms with Gasteiger partial charge in [-0.15, -0.1) is 10.2 Å². The van der Waals surface area contributed by atoms with Crippen LogP contribution in [0.2, 0.25) is 0 Å². The Balaban J connectivity index is 2.57. The van der Waals surface area contributed by atoms with Crippen molar-refractivity contribution in [3.63, 3.8) is 0 Å². The van der Waals surface area contributed by atoms with E-state index in [1.807, 2.05) is 13.8 Å². The van der Waals surface area contributed by atoms with E-state index in [2.05, 4.69) is 10.2 Å². The molecule has 1 fully saturated rings. The van der Waals surface area contributed by atoms with Crippen LogP contribution < -0.4 is 5.14 Å². The van der Waals surface area contributed by atoms with Crippen molar-refractivity contribution in [2.75, 3.05) is 0 Å². The first kappa shape index (κ1) is 10.6. The fourth-order valence-electron chi connectivity index (χ4n) is 1.55. The molecule has 0 bridgehead atoms. The summed E-state index contributed by atoms with van der Waals surface area (Å²) in [7, 11) is -3.76. The normalized spacial score (nSPS) is 17.3. The summed E-state index contributed by atoms with van der Waals surface area (Å²) in [5, 5.41) is 12.5. The van der Waals surface area contributed by atoms with Gasteiger partial charge in [0, 0.05) is 12.0 Å². The molecule has 0 spiro atoms. The molecule has 1 aliphatic carbocycles. The van der Waals surface area contributed by atoms with Crippen molar-refractivity contribution in [3.8, 4) is 0 Å². The molecule has 0 atom stereocenters. The number of sulfonamides is 1. The van der Waals surface area contributed by atoms with Gasteiger partial charge in [0.1, 0.15) is 5.82 Å². The first-order chi connectivity index (χ1) is 6.91. The molecule has 0 saturated heterocycles. The van der Waals surface area contributed by atoms with Gasteiger partial charge < -0.3 is 0 Å². The highest BCUT2D eigenvalue weighted by Gasteiger charge is 2.33. The predicted octanol–water partition coefficient (Wildman–Crippen LogP) is 0.384. The molecule has 0 unspecified atom stereocenters. The number of hydrogen-bond acceptors (Lipinski definition) is 4. The van der Waals surface area contributed by atoms with Gasteiger partial charge in [-0.2, -0.15) is 0 Å². The third kappa shape index (κ3) is 1.89. The number of nitrogens with zero attached hydrogens (tertiary/aromatic N) is 3. The maximum absolute atomic E-state index is 11.3. The van der Waals surface area contributed by atoms with Crippen LogP contribution in [-0.2, 0) is 10.0 Å². The van der Waals surface area contributed by atoms with Crippen molar-refractivity contribution < 1.29 is 8.42 Å². The van der Waals surface area contributed by atoms with Gasteiger partial charge in [-0.1, -0.05) is 13.8 Å². The molecule has 84 valence electrons. The van der Waals surface area contributed by atoms with Crippen LogP contribution in [0.1, 0.15) is 44.5 Å². The van der Waals surface area contributed by atoms with Gasteiger partial charge in [-0.3, -0.25) is 4.57 Å². The summed E-state index contributed by atoms with van der Waals surface area (Å²) in [5.74, 6) is 0.843. The molecule has 7 heteroatoms. The van der Waals surface area contributed by atoms with Crippen LogP contribution >= 0.6 is 0 Å². The van der Waals surface area contributed by atoms with Crippen molar-refractivity contribution in [2.24, 2.45) is 5.14 Å². The quantitative estimate of drug-likeness (QED) is 0.812. The van der Waals surface area contributed by atoms with Crippen LogP contribution in [-0.4, -0.2) is 23.2 Å². The summed E-state index contributed by atoms with van der Waals surface area (Å²) < 4.78 is 24.2. The second kappa shape index (κ2) is 3.28. The van der Waals surface area contributed by atoms with Crippen molar-refractivity contribution in [2.45, 2.75) is 43.8 Å². The van der Waals surface area contributed by atoms with Crippen LogP contribution in [0.25, 0.3) is 0 Å². The summed E-state index contributed by atoms with van der Waals surface area (Å²) in [4.78, 5) is 0. The van der Waals surface area contributed by atoms with Gasteiger partial charge >= 0.3 is 0 Å². The van der Waals surface area contributed by atoms with E-state index in [4.69, 9.17) is 5.14 Å². The molecular formula is C8H14N4O2S. The van der Waals surface area contributed by atoms with Gasteiger partial charge in [0.15, 0.2) is 0 Å². The van der Waals surface area contributed by atoms with Gasteiger partial charge in [-0.05, 0) is 12.8 Å². The van der Waals surface area contributed by atoms with Gasteiger partial charge in [-0.25, -0.2) is 13.6 Å². The van der Waals surface area contributed by atoms with Crippen LogP contribution in [0, 0.1) is 0 Å². The summed E-state index contributed by atoms with van der Waals surface area (Å²) in [6.45, 7) is 3.91. The maximum Gasteiger partial charge on any atom is 0.273 e. The van der Waals surface area contributed by atoms with Crippen LogP contribution in [0.3, 0.4) is 0 Å². The van der Waals surface area contributed by atoms with E-state index in [0.29, 0.717) is 5.82 Å². The molecule has 1 aromatic rings. The molecule has 0 aromatic carbocycles. The second-order valence-corrected chi connectivity index (χ2v) is 5.60. The third-order valence-electron chi connectivity index (χ3n) is 2.37. The summed E-state index contributed by atoms with van der Waals surface area (Å²) in [5.41, 5.74) is 0. The van der Waals surface area contributed by atoms with E-state index in [0.717, 1.165) is 12.8 Å². The van der Waals surface area contributed by atoms with Crippen LogP contribution in [0.5, 0.6) is 0 Å². The smallest absolute Gasteiger partial charge is 0.273 e. The molecule has 1 saturated carbocycles. The average Bonchev–Trinajstić information content (AvgIpc) is 2.81. The van der Waals surface area contributed by atoms with Crippen molar-refractivity contribution in [1.82, 2.24) is 14.8 Å². The lowest BCUT2D eigenvalue weighted by atomic mass is 10.2. The van der Waals surface area contributed by atoms with E-state index in [9.17, 15) is 8.42 Å². The Morgan fingerprint density at radius 2 is 2.00 bits per heavy atom. The first-order valence-electron chi connectivity index (χ1n) is 4.89. The molecule has 0 amide bonds. The first-order valence-corrected chi connectivity index (χ1v) is 6.43. The lowest BCUT2D eigenvalue weighted by molar-refractivity contribution is 0.552. The fraction of sp³-hybridized carbons (Fsp3) is 0.750. The summed E-state index contributed by atoms with van der Waals surface area (Å²) in [6, 6.07) is 0.214. The number of primary sulfonamides is 1. The zero-order valence-corrected chi connectivity index (χ0v) is 9.53. The van der Waals surface area contributed by atoms with Gasteiger partial charge in [0.2, 0.25) is 0 Å². The Kier molecular flexibility index (Phi) is 2.31. The van der Waals surface area contributed by atoms with E-state index >= 15 is 0 Å². The lowest BCUT2D eigenvalue weighted by Crippen LogP contribution is -2.19. The topological polar surface area (TPSA) is 90.9 Å². The van der Waals surface area contributed by atoms with E-state index in [1.54, 1.807) is 4.57 Å². The molecule has 6 nitrogen and oxygen atoms in total. The lowest BCUT2D eigenvalue weighted by Gasteiger charge is -2.09. The average molecular weight is 230 g/mol. The van der Waals surface area contributed by atoms with Crippen molar-refractivity contribution in [3.05, 3.63) is 5.82 Å². The van der Waals surface area contributed by atoms with Gasteiger partial charge in [0.25, 0.3) is 15.2 Å². The van der Waals surface area contributed by atoms with Crippen LogP contribution in [0.4, 0.5) is 0 Å². The SMILES string of the molecule is CC(C)c1nnc(S(N)(=O)=O)n1C1CC1. The van der Waals surface area contributed by atoms with Gasteiger partial charge in [0.05, 0.1) is 0 Å². The Labute approximate surface area is 88.5 Å². The Hall–Kier alpha value is -0.950. The van der Waals surface area contributed by atoms with Crippen LogP contribution in [0.15, 0.2) is 5.16 Å². The monoisotopic (exact) mass is 230 g/mol. The zero-order chi connectivity index (χ0) is 11.2. The Morgan fingerprint density at radius 1 is 1.40 bits per heavy atom. The minimum atomic E-state index is -3.76. The van der Waals surface area contributed by atoms with E-state index in [1.165, 1.54) is 0 Å². The Bertz CT molecular complexity index is 473. The molecule has 1 aromatic heterocycles. The standard InChI is InChI=1S/C8H14N4O2S/c1-5(2)7-10-11-8(15(9,13)14)12(7)6-3-4-6/h5-6H,3-4H2,1-2H3,(H2,9,13,14). The number of hydrogen-bond donors (Lipinski definition) is 1. The molecule has 1 aliphatic rings. The molecule has 2 rings (SSSR count). The predicted molar refractivity (Wildman–Crippen MR) is 53.8 cm³/mol. The second-order valence-electron chi connectivity index (χ2n) is 4.14. The molecule has 0 aliphatic heterocycles. The van der Waals surface area contributed by atoms with Crippen molar-refractivity contribution in [1.29, 1.82) is 0 Å². The minimum Gasteiger partial charge on any atom is -0.297 e. The third-order valence-corrected chi connectivity index (χ3v) is 3.16. The molecule has 1 heterocycles. The zero-order valence-electron chi connectivity index (χ0n) is 8.71. The molecule has 2 N–H and O–H groups in total. The number of rotatable bonds is 3. The largest absolute Gasteiger partial charge is 0.297 e. The minimum absolute atomic E-state index is 0.103. The molecular weight excluding hydrogens is 216 g/mol. The highest BCUT2D eigenvalue weighted by Crippen LogP contribution is 2.38.